The van der Waals surface area contributed by atoms with Gasteiger partial charge in [0.05, 0.1) is 22.8 Å². The Balaban J connectivity index is 1.31. The molecule has 2 aromatic carbocycles. The summed E-state index contributed by atoms with van der Waals surface area (Å²) in [5.74, 6) is -0.196. The molecule has 0 radical (unpaired) electrons. The standard InChI is InChI=1S/C27H30N6O/c1-18-14-20(16-29-13-5-6-23-15-19(2)32-33-23)17-30-26(18)21-9-11-22(12-10-21)27(34)31-25-8-4-3-7-24(25)28/h3-4,7-12,14-15,17,29H,5-6,13,16,28H2,1-2H3,(H,31,34)(H,32,33). The number of pyridine rings is 1. The number of amides is 1. The number of nitrogens with one attached hydrogen (secondary N) is 3. The maximum absolute atomic E-state index is 12.6. The van der Waals surface area contributed by atoms with Crippen LogP contribution >= 0.6 is 0 Å². The molecule has 7 nitrogen and oxygen atoms in total. The summed E-state index contributed by atoms with van der Waals surface area (Å²) in [4.78, 5) is 17.2. The lowest BCUT2D eigenvalue weighted by atomic mass is 10.0. The van der Waals surface area contributed by atoms with Crippen molar-refractivity contribution in [3.05, 3.63) is 94.9 Å². The molecule has 2 aromatic heterocycles. The second kappa shape index (κ2) is 10.8. The number of carbonyl (C=O) groups excluding carboxylic acids is 1. The molecule has 4 aromatic rings. The lowest BCUT2D eigenvalue weighted by molar-refractivity contribution is 0.102. The molecule has 34 heavy (non-hydrogen) atoms. The fourth-order valence-electron chi connectivity index (χ4n) is 3.85. The molecule has 0 atom stereocenters. The average molecular weight is 455 g/mol. The predicted octanol–water partition coefficient (Wildman–Crippen LogP) is 4.65. The van der Waals surface area contributed by atoms with Crippen molar-refractivity contribution in [3.63, 3.8) is 0 Å². The van der Waals surface area contributed by atoms with Crippen molar-refractivity contribution in [2.75, 3.05) is 17.6 Å². The summed E-state index contributed by atoms with van der Waals surface area (Å²) in [6.45, 7) is 5.77. The van der Waals surface area contributed by atoms with Gasteiger partial charge in [-0.2, -0.15) is 5.10 Å². The van der Waals surface area contributed by atoms with Crippen LogP contribution in [0.25, 0.3) is 11.3 Å². The molecule has 2 heterocycles. The summed E-state index contributed by atoms with van der Waals surface area (Å²) in [5.41, 5.74) is 14.0. The molecule has 0 aliphatic carbocycles. The molecule has 174 valence electrons. The summed E-state index contributed by atoms with van der Waals surface area (Å²) < 4.78 is 0. The molecule has 0 spiro atoms. The number of benzene rings is 2. The monoisotopic (exact) mass is 454 g/mol. The molecule has 1 amide bonds. The second-order valence-electron chi connectivity index (χ2n) is 8.45. The average Bonchev–Trinajstić information content (AvgIpc) is 3.25. The van der Waals surface area contributed by atoms with Crippen LogP contribution in [-0.4, -0.2) is 27.6 Å². The quantitative estimate of drug-likeness (QED) is 0.218. The number of hydrogen-bond acceptors (Lipinski definition) is 5. The molecule has 0 saturated carbocycles. The summed E-state index contributed by atoms with van der Waals surface area (Å²) in [6.07, 6.45) is 3.90. The van der Waals surface area contributed by atoms with Gasteiger partial charge in [-0.3, -0.25) is 14.9 Å². The van der Waals surface area contributed by atoms with E-state index in [2.05, 4.69) is 44.9 Å². The first-order valence-electron chi connectivity index (χ1n) is 11.4. The topological polar surface area (TPSA) is 109 Å². The van der Waals surface area contributed by atoms with Gasteiger partial charge in [0.15, 0.2) is 0 Å². The first kappa shape index (κ1) is 23.2. The van der Waals surface area contributed by atoms with E-state index in [-0.39, 0.29) is 5.91 Å². The highest BCUT2D eigenvalue weighted by Crippen LogP contribution is 2.23. The van der Waals surface area contributed by atoms with E-state index in [1.165, 1.54) is 0 Å². The van der Waals surface area contributed by atoms with E-state index in [1.54, 1.807) is 24.3 Å². The number of hydrogen-bond donors (Lipinski definition) is 4. The number of nitrogen functional groups attached to an aromatic ring is 1. The summed E-state index contributed by atoms with van der Waals surface area (Å²) in [6, 6.07) is 18.9. The number of aromatic nitrogens is 3. The van der Waals surface area contributed by atoms with Crippen LogP contribution in [0, 0.1) is 13.8 Å². The van der Waals surface area contributed by atoms with Gasteiger partial charge in [-0.1, -0.05) is 30.3 Å². The van der Waals surface area contributed by atoms with Gasteiger partial charge in [0.1, 0.15) is 0 Å². The number of nitrogens with two attached hydrogens (primary N) is 1. The zero-order chi connectivity index (χ0) is 23.9. The van der Waals surface area contributed by atoms with Crippen molar-refractivity contribution in [2.45, 2.75) is 33.2 Å². The van der Waals surface area contributed by atoms with Gasteiger partial charge in [0, 0.05) is 29.6 Å². The van der Waals surface area contributed by atoms with Gasteiger partial charge in [0.2, 0.25) is 0 Å². The largest absolute Gasteiger partial charge is 0.397 e. The number of aromatic amines is 1. The third-order valence-corrected chi connectivity index (χ3v) is 5.64. The summed E-state index contributed by atoms with van der Waals surface area (Å²) >= 11 is 0. The van der Waals surface area contributed by atoms with E-state index < -0.39 is 0 Å². The van der Waals surface area contributed by atoms with Gasteiger partial charge >= 0.3 is 0 Å². The Morgan fingerprint density at radius 3 is 2.56 bits per heavy atom. The van der Waals surface area contributed by atoms with Crippen LogP contribution in [0.15, 0.2) is 66.9 Å². The van der Waals surface area contributed by atoms with E-state index >= 15 is 0 Å². The van der Waals surface area contributed by atoms with E-state index in [0.717, 1.165) is 59.7 Å². The van der Waals surface area contributed by atoms with Crippen molar-refractivity contribution >= 4 is 17.3 Å². The van der Waals surface area contributed by atoms with Crippen LogP contribution in [0.5, 0.6) is 0 Å². The third-order valence-electron chi connectivity index (χ3n) is 5.64. The van der Waals surface area contributed by atoms with Crippen LogP contribution in [0.1, 0.15) is 39.3 Å². The summed E-state index contributed by atoms with van der Waals surface area (Å²) in [5, 5.41) is 13.6. The second-order valence-corrected chi connectivity index (χ2v) is 8.45. The molecule has 0 saturated heterocycles. The molecule has 4 rings (SSSR count). The SMILES string of the molecule is Cc1cc(CCCNCc2cnc(-c3ccc(C(=O)Nc4ccccc4N)cc3)c(C)c2)n[nH]1. The van der Waals surface area contributed by atoms with E-state index in [9.17, 15) is 4.79 Å². The Bertz CT molecular complexity index is 1260. The fourth-order valence-corrected chi connectivity index (χ4v) is 3.85. The number of aryl methyl sites for hydroxylation is 3. The lowest BCUT2D eigenvalue weighted by Gasteiger charge is -2.10. The van der Waals surface area contributed by atoms with E-state index in [1.807, 2.05) is 37.4 Å². The van der Waals surface area contributed by atoms with E-state index in [0.29, 0.717) is 16.9 Å². The third kappa shape index (κ3) is 5.88. The summed E-state index contributed by atoms with van der Waals surface area (Å²) in [7, 11) is 0. The van der Waals surface area contributed by atoms with Gasteiger partial charge in [0.25, 0.3) is 5.91 Å². The van der Waals surface area contributed by atoms with Crippen molar-refractivity contribution in [1.29, 1.82) is 0 Å². The van der Waals surface area contributed by atoms with Gasteiger partial charge in [-0.15, -0.1) is 0 Å². The van der Waals surface area contributed by atoms with Gasteiger partial charge < -0.3 is 16.4 Å². The molecule has 5 N–H and O–H groups in total. The Morgan fingerprint density at radius 1 is 1.06 bits per heavy atom. The van der Waals surface area contributed by atoms with Crippen molar-refractivity contribution < 1.29 is 4.79 Å². The minimum absolute atomic E-state index is 0.196. The Kier molecular flexibility index (Phi) is 7.34. The Hall–Kier alpha value is -3.97. The Labute approximate surface area is 199 Å². The van der Waals surface area contributed by atoms with Crippen LogP contribution in [0.3, 0.4) is 0 Å². The molecule has 0 fully saturated rings. The zero-order valence-corrected chi connectivity index (χ0v) is 19.6. The molecule has 0 bridgehead atoms. The number of H-pyrrole nitrogens is 1. The molecule has 0 aliphatic heterocycles. The maximum atomic E-state index is 12.6. The molecule has 0 aliphatic rings. The van der Waals surface area contributed by atoms with Crippen molar-refractivity contribution in [2.24, 2.45) is 0 Å². The number of para-hydroxylation sites is 2. The van der Waals surface area contributed by atoms with Crippen LogP contribution in [0.2, 0.25) is 0 Å². The van der Waals surface area contributed by atoms with Crippen LogP contribution < -0.4 is 16.4 Å². The highest BCUT2D eigenvalue weighted by atomic mass is 16.1. The highest BCUT2D eigenvalue weighted by molar-refractivity contribution is 6.05. The number of anilines is 2. The fraction of sp³-hybridized carbons (Fsp3) is 0.222. The van der Waals surface area contributed by atoms with E-state index in [4.69, 9.17) is 5.73 Å². The number of nitrogens with zero attached hydrogens (tertiary/aromatic N) is 2. The van der Waals surface area contributed by atoms with Crippen molar-refractivity contribution in [1.82, 2.24) is 20.5 Å². The van der Waals surface area contributed by atoms with Crippen LogP contribution in [0.4, 0.5) is 11.4 Å². The first-order valence-corrected chi connectivity index (χ1v) is 11.4. The number of carbonyl (C=O) groups is 1. The van der Waals surface area contributed by atoms with Crippen molar-refractivity contribution in [3.8, 4) is 11.3 Å². The molecular weight excluding hydrogens is 424 g/mol. The predicted molar refractivity (Wildman–Crippen MR) is 137 cm³/mol. The normalized spacial score (nSPS) is 10.9. The zero-order valence-electron chi connectivity index (χ0n) is 19.6. The molecule has 0 unspecified atom stereocenters. The lowest BCUT2D eigenvalue weighted by Crippen LogP contribution is -2.15. The van der Waals surface area contributed by atoms with Gasteiger partial charge in [-0.05, 0) is 74.7 Å². The highest BCUT2D eigenvalue weighted by Gasteiger charge is 2.10. The first-order chi connectivity index (χ1) is 16.5. The van der Waals surface area contributed by atoms with Crippen LogP contribution in [-0.2, 0) is 13.0 Å². The minimum Gasteiger partial charge on any atom is -0.397 e. The smallest absolute Gasteiger partial charge is 0.255 e. The molecule has 7 heteroatoms. The maximum Gasteiger partial charge on any atom is 0.255 e. The minimum atomic E-state index is -0.196. The number of rotatable bonds is 9. The Morgan fingerprint density at radius 2 is 1.85 bits per heavy atom. The van der Waals surface area contributed by atoms with Gasteiger partial charge in [-0.25, -0.2) is 0 Å². The molecular formula is C27H30N6O.